The van der Waals surface area contributed by atoms with Crippen LogP contribution in [-0.4, -0.2) is 26.2 Å². The minimum atomic E-state index is -0.371. The number of amides is 1. The van der Waals surface area contributed by atoms with Crippen LogP contribution in [0, 0.1) is 0 Å². The number of hydrogen-bond donors (Lipinski definition) is 2. The fourth-order valence-electron chi connectivity index (χ4n) is 2.15. The Labute approximate surface area is 136 Å². The molecular weight excluding hydrogens is 292 g/mol. The van der Waals surface area contributed by atoms with Gasteiger partial charge in [-0.15, -0.1) is 0 Å². The van der Waals surface area contributed by atoms with Crippen LogP contribution in [0.25, 0.3) is 0 Å². The molecule has 0 aromatic heterocycles. The number of para-hydroxylation sites is 2. The second-order valence-corrected chi connectivity index (χ2v) is 5.13. The van der Waals surface area contributed by atoms with E-state index in [0.29, 0.717) is 12.3 Å². The van der Waals surface area contributed by atoms with E-state index in [2.05, 4.69) is 10.6 Å². The number of nitrogens with one attached hydrogen (secondary N) is 2. The average molecular weight is 314 g/mol. The molecule has 2 N–H and O–H groups in total. The maximum atomic E-state index is 12.2. The minimum Gasteiger partial charge on any atom is -0.497 e. The van der Waals surface area contributed by atoms with Gasteiger partial charge in [-0.1, -0.05) is 24.3 Å². The van der Waals surface area contributed by atoms with Gasteiger partial charge in [0.2, 0.25) is 5.91 Å². The summed E-state index contributed by atoms with van der Waals surface area (Å²) in [7, 11) is 3.23. The summed E-state index contributed by atoms with van der Waals surface area (Å²) in [4.78, 5) is 12.2. The van der Waals surface area contributed by atoms with E-state index in [1.807, 2.05) is 55.5 Å². The molecule has 0 fully saturated rings. The Balaban J connectivity index is 1.89. The van der Waals surface area contributed by atoms with Crippen molar-refractivity contribution < 1.29 is 14.3 Å². The first-order valence-corrected chi connectivity index (χ1v) is 7.44. The standard InChI is InChI=1S/C18H22N2O3/c1-13(20-16-6-4-5-7-17(16)23-3)18(21)19-12-14-8-10-15(22-2)11-9-14/h4-11,13,20H,12H2,1-3H3,(H,19,21)/t13-/m0/s1. The Hall–Kier alpha value is -2.69. The summed E-state index contributed by atoms with van der Waals surface area (Å²) in [6.45, 7) is 2.29. The summed E-state index contributed by atoms with van der Waals surface area (Å²) in [5.74, 6) is 1.43. The van der Waals surface area contributed by atoms with Crippen molar-refractivity contribution in [3.8, 4) is 11.5 Å². The van der Waals surface area contributed by atoms with E-state index in [9.17, 15) is 4.79 Å². The molecule has 0 heterocycles. The summed E-state index contributed by atoms with van der Waals surface area (Å²) < 4.78 is 10.4. The third-order valence-corrected chi connectivity index (χ3v) is 3.50. The second kappa shape index (κ2) is 8.08. The molecule has 0 saturated heterocycles. The van der Waals surface area contributed by atoms with E-state index in [1.165, 1.54) is 0 Å². The number of carbonyl (C=O) groups is 1. The largest absolute Gasteiger partial charge is 0.497 e. The summed E-state index contributed by atoms with van der Waals surface area (Å²) in [6.07, 6.45) is 0. The SMILES string of the molecule is COc1ccc(CNC(=O)[C@H](C)Nc2ccccc2OC)cc1. The Morgan fingerprint density at radius 2 is 1.74 bits per heavy atom. The van der Waals surface area contributed by atoms with Crippen LogP contribution in [0.3, 0.4) is 0 Å². The molecule has 5 heteroatoms. The van der Waals surface area contributed by atoms with Crippen LogP contribution < -0.4 is 20.1 Å². The lowest BCUT2D eigenvalue weighted by Gasteiger charge is -2.17. The van der Waals surface area contributed by atoms with E-state index >= 15 is 0 Å². The molecule has 5 nitrogen and oxygen atoms in total. The van der Waals surface area contributed by atoms with Crippen molar-refractivity contribution in [2.45, 2.75) is 19.5 Å². The van der Waals surface area contributed by atoms with Crippen LogP contribution in [-0.2, 0) is 11.3 Å². The topological polar surface area (TPSA) is 59.6 Å². The van der Waals surface area contributed by atoms with Gasteiger partial charge in [0.1, 0.15) is 17.5 Å². The Morgan fingerprint density at radius 1 is 1.04 bits per heavy atom. The normalized spacial score (nSPS) is 11.4. The zero-order valence-electron chi connectivity index (χ0n) is 13.6. The molecular formula is C18H22N2O3. The van der Waals surface area contributed by atoms with Crippen molar-refractivity contribution in [3.05, 3.63) is 54.1 Å². The number of methoxy groups -OCH3 is 2. The van der Waals surface area contributed by atoms with Gasteiger partial charge < -0.3 is 20.1 Å². The molecule has 0 aliphatic rings. The minimum absolute atomic E-state index is 0.0771. The highest BCUT2D eigenvalue weighted by Crippen LogP contribution is 2.23. The Bertz CT molecular complexity index is 641. The summed E-state index contributed by atoms with van der Waals surface area (Å²) >= 11 is 0. The van der Waals surface area contributed by atoms with E-state index in [-0.39, 0.29) is 11.9 Å². The first-order valence-electron chi connectivity index (χ1n) is 7.44. The maximum absolute atomic E-state index is 12.2. The van der Waals surface area contributed by atoms with Crippen LogP contribution in [0.15, 0.2) is 48.5 Å². The molecule has 0 radical (unpaired) electrons. The van der Waals surface area contributed by atoms with Crippen LogP contribution in [0.2, 0.25) is 0 Å². The van der Waals surface area contributed by atoms with Crippen LogP contribution >= 0.6 is 0 Å². The van der Waals surface area contributed by atoms with Crippen molar-refractivity contribution in [2.75, 3.05) is 19.5 Å². The molecule has 0 aliphatic carbocycles. The van der Waals surface area contributed by atoms with Crippen molar-refractivity contribution in [2.24, 2.45) is 0 Å². The third-order valence-electron chi connectivity index (χ3n) is 3.50. The van der Waals surface area contributed by atoms with Gasteiger partial charge in [-0.05, 0) is 36.8 Å². The molecule has 0 unspecified atom stereocenters. The van der Waals surface area contributed by atoms with E-state index in [4.69, 9.17) is 9.47 Å². The second-order valence-electron chi connectivity index (χ2n) is 5.13. The Morgan fingerprint density at radius 3 is 2.39 bits per heavy atom. The predicted octanol–water partition coefficient (Wildman–Crippen LogP) is 2.82. The third kappa shape index (κ3) is 4.64. The highest BCUT2D eigenvalue weighted by atomic mass is 16.5. The summed E-state index contributed by atoms with van der Waals surface area (Å²) in [5, 5.41) is 6.07. The zero-order chi connectivity index (χ0) is 16.7. The van der Waals surface area contributed by atoms with Gasteiger partial charge in [0, 0.05) is 6.54 Å². The first kappa shape index (κ1) is 16.7. The predicted molar refractivity (Wildman–Crippen MR) is 90.9 cm³/mol. The van der Waals surface area contributed by atoms with Crippen LogP contribution in [0.1, 0.15) is 12.5 Å². The monoisotopic (exact) mass is 314 g/mol. The molecule has 1 amide bonds. The first-order chi connectivity index (χ1) is 11.1. The lowest BCUT2D eigenvalue weighted by Crippen LogP contribution is -2.37. The molecule has 122 valence electrons. The molecule has 0 saturated carbocycles. The van der Waals surface area contributed by atoms with Crippen molar-refractivity contribution in [3.63, 3.8) is 0 Å². The zero-order valence-corrected chi connectivity index (χ0v) is 13.6. The van der Waals surface area contributed by atoms with E-state index < -0.39 is 0 Å². The van der Waals surface area contributed by atoms with Crippen molar-refractivity contribution >= 4 is 11.6 Å². The highest BCUT2D eigenvalue weighted by Gasteiger charge is 2.14. The van der Waals surface area contributed by atoms with Crippen LogP contribution in [0.5, 0.6) is 11.5 Å². The lowest BCUT2D eigenvalue weighted by molar-refractivity contribution is -0.121. The smallest absolute Gasteiger partial charge is 0.242 e. The Kier molecular flexibility index (Phi) is 5.86. The number of anilines is 1. The van der Waals surface area contributed by atoms with Crippen LogP contribution in [0.4, 0.5) is 5.69 Å². The highest BCUT2D eigenvalue weighted by molar-refractivity contribution is 5.84. The number of carbonyl (C=O) groups excluding carboxylic acids is 1. The van der Waals surface area contributed by atoms with Gasteiger partial charge in [-0.3, -0.25) is 4.79 Å². The van der Waals surface area contributed by atoms with Gasteiger partial charge in [0.05, 0.1) is 19.9 Å². The fourth-order valence-corrected chi connectivity index (χ4v) is 2.15. The quantitative estimate of drug-likeness (QED) is 0.825. The van der Waals surface area contributed by atoms with E-state index in [1.54, 1.807) is 14.2 Å². The fraction of sp³-hybridized carbons (Fsp3) is 0.278. The molecule has 23 heavy (non-hydrogen) atoms. The molecule has 0 spiro atoms. The van der Waals surface area contributed by atoms with Gasteiger partial charge >= 0.3 is 0 Å². The average Bonchev–Trinajstić information content (AvgIpc) is 2.60. The van der Waals surface area contributed by atoms with Gasteiger partial charge in [0.25, 0.3) is 0 Å². The summed E-state index contributed by atoms with van der Waals surface area (Å²) in [5.41, 5.74) is 1.81. The number of hydrogen-bond acceptors (Lipinski definition) is 4. The van der Waals surface area contributed by atoms with Gasteiger partial charge in [0.15, 0.2) is 0 Å². The summed E-state index contributed by atoms with van der Waals surface area (Å²) in [6, 6.07) is 14.7. The number of ether oxygens (including phenoxy) is 2. The molecule has 0 aliphatic heterocycles. The molecule has 2 aromatic rings. The lowest BCUT2D eigenvalue weighted by atomic mass is 10.2. The van der Waals surface area contributed by atoms with E-state index in [0.717, 1.165) is 17.0 Å². The molecule has 2 aromatic carbocycles. The maximum Gasteiger partial charge on any atom is 0.242 e. The van der Waals surface area contributed by atoms with Crippen molar-refractivity contribution in [1.29, 1.82) is 0 Å². The number of rotatable bonds is 7. The number of benzene rings is 2. The van der Waals surface area contributed by atoms with Crippen molar-refractivity contribution in [1.82, 2.24) is 5.32 Å². The van der Waals surface area contributed by atoms with Gasteiger partial charge in [-0.25, -0.2) is 0 Å². The molecule has 2 rings (SSSR count). The van der Waals surface area contributed by atoms with Gasteiger partial charge in [-0.2, -0.15) is 0 Å². The molecule has 1 atom stereocenters. The molecule has 0 bridgehead atoms.